The summed E-state index contributed by atoms with van der Waals surface area (Å²) < 4.78 is 7.28. The maximum absolute atomic E-state index is 10.8. The van der Waals surface area contributed by atoms with Crippen LogP contribution in [0.2, 0.25) is 5.02 Å². The van der Waals surface area contributed by atoms with E-state index in [1.54, 1.807) is 31.4 Å². The van der Waals surface area contributed by atoms with E-state index in [9.17, 15) is 15.2 Å². The lowest BCUT2D eigenvalue weighted by molar-refractivity contribution is -0.384. The molecule has 0 bridgehead atoms. The first-order valence-corrected chi connectivity index (χ1v) is 13.2. The molecule has 4 aromatic rings. The maximum Gasteiger partial charge on any atom is 0.269 e. The number of pyridine rings is 1. The lowest BCUT2D eigenvalue weighted by Crippen LogP contribution is -2.33. The highest BCUT2D eigenvalue weighted by Crippen LogP contribution is 2.34. The predicted molar refractivity (Wildman–Crippen MR) is 147 cm³/mol. The highest BCUT2D eigenvalue weighted by molar-refractivity contribution is 6.32. The number of hydrogen-bond acceptors (Lipinski definition) is 6. The van der Waals surface area contributed by atoms with E-state index < -0.39 is 0 Å². The molecule has 1 saturated carbocycles. The molecule has 0 amide bonds. The number of aromatic nitrogens is 2. The van der Waals surface area contributed by atoms with Gasteiger partial charge in [-0.05, 0) is 79.0 Å². The first-order chi connectivity index (χ1) is 18.4. The van der Waals surface area contributed by atoms with Gasteiger partial charge in [-0.3, -0.25) is 10.1 Å². The quantitative estimate of drug-likeness (QED) is 0.203. The molecule has 2 aromatic heterocycles. The van der Waals surface area contributed by atoms with Gasteiger partial charge in [0.25, 0.3) is 5.69 Å². The fraction of sp³-hybridized carbons (Fsp3) is 0.345. The summed E-state index contributed by atoms with van der Waals surface area (Å²) in [6.07, 6.45) is 9.58. The number of nitro benzene ring substituents is 1. The standard InChI is InChI=1S/C29H31ClN4O4/c1-38-28-14-22(18-35)25(15-26(28)30)27-17-33-11-10-21(13-29(33)32-27)12-19-2-6-23(7-3-19)31-16-20-4-8-24(9-5-20)34(36)37/h4-5,8-11,13-15,17,19,23,31,35H,2-3,6-7,12,16,18H2,1H3. The van der Waals surface area contributed by atoms with Gasteiger partial charge in [-0.1, -0.05) is 23.7 Å². The third-order valence-corrected chi connectivity index (χ3v) is 7.76. The van der Waals surface area contributed by atoms with Crippen molar-refractivity contribution in [1.82, 2.24) is 14.7 Å². The van der Waals surface area contributed by atoms with Crippen molar-refractivity contribution in [3.63, 3.8) is 0 Å². The molecule has 198 valence electrons. The van der Waals surface area contributed by atoms with E-state index in [2.05, 4.69) is 17.4 Å². The number of imidazole rings is 1. The molecule has 38 heavy (non-hydrogen) atoms. The Bertz CT molecular complexity index is 1430. The summed E-state index contributed by atoms with van der Waals surface area (Å²) in [4.78, 5) is 15.3. The molecule has 0 saturated heterocycles. The molecule has 0 unspecified atom stereocenters. The number of non-ortho nitro benzene ring substituents is 1. The number of nitrogens with one attached hydrogen (secondary N) is 1. The smallest absolute Gasteiger partial charge is 0.269 e. The molecule has 0 radical (unpaired) electrons. The lowest BCUT2D eigenvalue weighted by atomic mass is 9.82. The average Bonchev–Trinajstić information content (AvgIpc) is 3.36. The van der Waals surface area contributed by atoms with Crippen molar-refractivity contribution in [3.05, 3.63) is 92.8 Å². The van der Waals surface area contributed by atoms with E-state index in [0.717, 1.165) is 61.1 Å². The van der Waals surface area contributed by atoms with E-state index in [0.29, 0.717) is 28.3 Å². The zero-order valence-electron chi connectivity index (χ0n) is 21.3. The van der Waals surface area contributed by atoms with Gasteiger partial charge in [0.2, 0.25) is 0 Å². The van der Waals surface area contributed by atoms with Crippen LogP contribution >= 0.6 is 11.6 Å². The summed E-state index contributed by atoms with van der Waals surface area (Å²) in [6, 6.07) is 15.1. The van der Waals surface area contributed by atoms with Crippen molar-refractivity contribution in [2.45, 2.75) is 51.3 Å². The summed E-state index contributed by atoms with van der Waals surface area (Å²) in [7, 11) is 1.55. The summed E-state index contributed by atoms with van der Waals surface area (Å²) in [6.45, 7) is 0.594. The summed E-state index contributed by atoms with van der Waals surface area (Å²) in [5.41, 5.74) is 5.60. The second-order valence-electron chi connectivity index (χ2n) is 9.95. The number of aliphatic hydroxyl groups excluding tert-OH is 1. The van der Waals surface area contributed by atoms with Gasteiger partial charge < -0.3 is 19.6 Å². The molecule has 0 aliphatic heterocycles. The predicted octanol–water partition coefficient (Wildman–Crippen LogP) is 5.95. The fourth-order valence-electron chi connectivity index (χ4n) is 5.30. The van der Waals surface area contributed by atoms with Crippen molar-refractivity contribution >= 4 is 22.9 Å². The van der Waals surface area contributed by atoms with Crippen LogP contribution in [0, 0.1) is 16.0 Å². The Balaban J connectivity index is 1.19. The Morgan fingerprint density at radius 1 is 1.13 bits per heavy atom. The number of ether oxygens (including phenoxy) is 1. The van der Waals surface area contributed by atoms with Crippen LogP contribution in [0.1, 0.15) is 42.4 Å². The van der Waals surface area contributed by atoms with E-state index in [4.69, 9.17) is 21.3 Å². The fourth-order valence-corrected chi connectivity index (χ4v) is 5.54. The molecule has 2 heterocycles. The van der Waals surface area contributed by atoms with Crippen LogP contribution in [0.4, 0.5) is 5.69 Å². The number of benzene rings is 2. The van der Waals surface area contributed by atoms with Gasteiger partial charge in [0, 0.05) is 42.7 Å². The van der Waals surface area contributed by atoms with Gasteiger partial charge in [0.15, 0.2) is 0 Å². The minimum atomic E-state index is -0.369. The molecule has 1 aliphatic carbocycles. The van der Waals surface area contributed by atoms with Crippen LogP contribution in [0.3, 0.4) is 0 Å². The Labute approximate surface area is 226 Å². The van der Waals surface area contributed by atoms with Gasteiger partial charge in [0.05, 0.1) is 29.4 Å². The van der Waals surface area contributed by atoms with Crippen molar-refractivity contribution in [3.8, 4) is 17.0 Å². The first-order valence-electron chi connectivity index (χ1n) is 12.9. The lowest BCUT2D eigenvalue weighted by Gasteiger charge is -2.29. The van der Waals surface area contributed by atoms with Crippen molar-refractivity contribution in [2.75, 3.05) is 7.11 Å². The normalized spacial score (nSPS) is 17.6. The van der Waals surface area contributed by atoms with E-state index in [1.807, 2.05) is 28.9 Å². The van der Waals surface area contributed by atoms with Crippen LogP contribution in [-0.4, -0.2) is 32.6 Å². The molecule has 9 heteroatoms. The SMILES string of the molecule is COc1cc(CO)c(-c2cn3ccc(CC4CCC(NCc5ccc([N+](=O)[O-])cc5)CC4)cc3n2)cc1Cl. The van der Waals surface area contributed by atoms with Crippen molar-refractivity contribution in [2.24, 2.45) is 5.92 Å². The number of aliphatic hydroxyl groups is 1. The van der Waals surface area contributed by atoms with E-state index in [-0.39, 0.29) is 17.2 Å². The van der Waals surface area contributed by atoms with Gasteiger partial charge in [-0.15, -0.1) is 0 Å². The molecule has 1 aliphatic rings. The number of fused-ring (bicyclic) bond motifs is 1. The zero-order chi connectivity index (χ0) is 26.6. The van der Waals surface area contributed by atoms with Gasteiger partial charge in [-0.2, -0.15) is 0 Å². The summed E-state index contributed by atoms with van der Waals surface area (Å²) in [5.74, 6) is 1.16. The van der Waals surface area contributed by atoms with Crippen LogP contribution in [0.25, 0.3) is 16.9 Å². The van der Waals surface area contributed by atoms with Crippen LogP contribution in [0.5, 0.6) is 5.75 Å². The van der Waals surface area contributed by atoms with Gasteiger partial charge >= 0.3 is 0 Å². The molecule has 2 aromatic carbocycles. The number of nitro groups is 1. The highest BCUT2D eigenvalue weighted by Gasteiger charge is 2.21. The van der Waals surface area contributed by atoms with E-state index in [1.165, 1.54) is 5.56 Å². The van der Waals surface area contributed by atoms with Crippen molar-refractivity contribution < 1.29 is 14.8 Å². The minimum absolute atomic E-state index is 0.124. The second kappa shape index (κ2) is 11.5. The summed E-state index contributed by atoms with van der Waals surface area (Å²) in [5, 5.41) is 24.8. The largest absolute Gasteiger partial charge is 0.495 e. The third kappa shape index (κ3) is 5.83. The first kappa shape index (κ1) is 26.2. The number of halogens is 1. The molecular formula is C29H31ClN4O4. The topological polar surface area (TPSA) is 102 Å². The summed E-state index contributed by atoms with van der Waals surface area (Å²) >= 11 is 6.35. The third-order valence-electron chi connectivity index (χ3n) is 7.46. The number of nitrogens with zero attached hydrogens (tertiary/aromatic N) is 3. The minimum Gasteiger partial charge on any atom is -0.495 e. The number of rotatable bonds is 9. The van der Waals surface area contributed by atoms with Crippen molar-refractivity contribution in [1.29, 1.82) is 0 Å². The Hall–Kier alpha value is -3.46. The van der Waals surface area contributed by atoms with Crippen LogP contribution < -0.4 is 10.1 Å². The van der Waals surface area contributed by atoms with Gasteiger partial charge in [-0.25, -0.2) is 4.98 Å². The molecule has 5 rings (SSSR count). The Kier molecular flexibility index (Phi) is 7.93. The number of hydrogen-bond donors (Lipinski definition) is 2. The van der Waals surface area contributed by atoms with Gasteiger partial charge in [0.1, 0.15) is 11.4 Å². The molecule has 8 nitrogen and oxygen atoms in total. The molecule has 0 spiro atoms. The number of methoxy groups -OCH3 is 1. The van der Waals surface area contributed by atoms with Crippen LogP contribution in [-0.2, 0) is 19.6 Å². The molecule has 0 atom stereocenters. The van der Waals surface area contributed by atoms with E-state index >= 15 is 0 Å². The maximum atomic E-state index is 10.8. The Morgan fingerprint density at radius 2 is 1.89 bits per heavy atom. The zero-order valence-corrected chi connectivity index (χ0v) is 22.0. The highest BCUT2D eigenvalue weighted by atomic mass is 35.5. The average molecular weight is 535 g/mol. The van der Waals surface area contributed by atoms with Crippen LogP contribution in [0.15, 0.2) is 60.9 Å². The second-order valence-corrected chi connectivity index (χ2v) is 10.4. The monoisotopic (exact) mass is 534 g/mol. The molecule has 2 N–H and O–H groups in total. The Morgan fingerprint density at radius 3 is 2.58 bits per heavy atom. The molecular weight excluding hydrogens is 504 g/mol. The molecule has 1 fully saturated rings.